The molecular weight excluding hydrogens is 220 g/mol. The van der Waals surface area contributed by atoms with E-state index in [4.69, 9.17) is 0 Å². The van der Waals surface area contributed by atoms with Crippen LogP contribution in [0.3, 0.4) is 0 Å². The molecule has 2 aromatic carbocycles. The maximum atomic E-state index is 9.68. The van der Waals surface area contributed by atoms with E-state index < -0.39 is 0 Å². The molecule has 18 heavy (non-hydrogen) atoms. The topological polar surface area (TPSA) is 20.2 Å². The molecule has 3 rings (SSSR count). The zero-order valence-corrected chi connectivity index (χ0v) is 10.7. The molecule has 0 radical (unpaired) electrons. The molecule has 0 saturated heterocycles. The molecule has 1 aliphatic rings. The maximum Gasteiger partial charge on any atom is 0.0540 e. The van der Waals surface area contributed by atoms with Gasteiger partial charge in [0.15, 0.2) is 0 Å². The van der Waals surface area contributed by atoms with E-state index in [-0.39, 0.29) is 12.5 Å². The van der Waals surface area contributed by atoms with Crippen molar-refractivity contribution in [3.8, 4) is 11.1 Å². The van der Waals surface area contributed by atoms with Gasteiger partial charge in [-0.15, -0.1) is 0 Å². The van der Waals surface area contributed by atoms with Gasteiger partial charge < -0.3 is 5.11 Å². The fraction of sp³-hybridized carbons (Fsp3) is 0.294. The van der Waals surface area contributed by atoms with Crippen molar-refractivity contribution < 1.29 is 5.11 Å². The lowest BCUT2D eigenvalue weighted by molar-refractivity contribution is 0.282. The fourth-order valence-electron chi connectivity index (χ4n) is 3.00. The Balaban J connectivity index is 2.14. The van der Waals surface area contributed by atoms with Crippen LogP contribution in [0.4, 0.5) is 0 Å². The van der Waals surface area contributed by atoms with Crippen LogP contribution in [0.5, 0.6) is 0 Å². The van der Waals surface area contributed by atoms with Gasteiger partial charge in [0.05, 0.1) is 6.61 Å². The number of aryl methyl sites for hydroxylation is 1. The number of hydrogen-bond donors (Lipinski definition) is 1. The summed E-state index contributed by atoms with van der Waals surface area (Å²) in [5, 5.41) is 9.68. The standard InChI is InChI=1S/C17H18O/c1-2-5-12-8-9-15-13-6-3-4-7-14(13)17(11-18)16(15)10-12/h3-4,6-10,17-18H,2,5,11H2,1H3. The molecule has 0 fully saturated rings. The Morgan fingerprint density at radius 3 is 2.56 bits per heavy atom. The summed E-state index contributed by atoms with van der Waals surface area (Å²) in [4.78, 5) is 0. The normalized spacial score (nSPS) is 16.4. The van der Waals surface area contributed by atoms with Crippen LogP contribution in [0.25, 0.3) is 11.1 Å². The van der Waals surface area contributed by atoms with Gasteiger partial charge in [0.2, 0.25) is 0 Å². The summed E-state index contributed by atoms with van der Waals surface area (Å²) in [5.41, 5.74) is 6.52. The summed E-state index contributed by atoms with van der Waals surface area (Å²) in [5.74, 6) is 0.160. The number of benzene rings is 2. The minimum absolute atomic E-state index is 0.160. The zero-order valence-electron chi connectivity index (χ0n) is 10.7. The van der Waals surface area contributed by atoms with Gasteiger partial charge in [-0.05, 0) is 34.2 Å². The molecule has 1 aliphatic carbocycles. The molecule has 0 aliphatic heterocycles. The predicted molar refractivity (Wildman–Crippen MR) is 74.8 cm³/mol. The van der Waals surface area contributed by atoms with Crippen LogP contribution in [-0.4, -0.2) is 11.7 Å². The lowest BCUT2D eigenvalue weighted by atomic mass is 9.96. The third-order valence-electron chi connectivity index (χ3n) is 3.84. The second-order valence-corrected chi connectivity index (χ2v) is 4.99. The number of rotatable bonds is 3. The van der Waals surface area contributed by atoms with Crippen LogP contribution < -0.4 is 0 Å². The average molecular weight is 238 g/mol. The number of fused-ring (bicyclic) bond motifs is 3. The zero-order chi connectivity index (χ0) is 12.5. The van der Waals surface area contributed by atoms with Crippen molar-refractivity contribution in [2.24, 2.45) is 0 Å². The fourth-order valence-corrected chi connectivity index (χ4v) is 3.00. The first-order valence-electron chi connectivity index (χ1n) is 6.68. The van der Waals surface area contributed by atoms with Crippen molar-refractivity contribution in [3.05, 3.63) is 59.2 Å². The van der Waals surface area contributed by atoms with Crippen LogP contribution in [0.2, 0.25) is 0 Å². The smallest absolute Gasteiger partial charge is 0.0540 e. The molecule has 0 amide bonds. The van der Waals surface area contributed by atoms with E-state index in [1.165, 1.54) is 27.8 Å². The van der Waals surface area contributed by atoms with E-state index in [1.807, 2.05) is 0 Å². The van der Waals surface area contributed by atoms with Gasteiger partial charge in [-0.2, -0.15) is 0 Å². The van der Waals surface area contributed by atoms with Crippen LogP contribution >= 0.6 is 0 Å². The van der Waals surface area contributed by atoms with Gasteiger partial charge >= 0.3 is 0 Å². The molecule has 1 heteroatoms. The number of aliphatic hydroxyl groups is 1. The van der Waals surface area contributed by atoms with Gasteiger partial charge in [0.1, 0.15) is 0 Å². The molecule has 0 heterocycles. The molecule has 2 aromatic rings. The summed E-state index contributed by atoms with van der Waals surface area (Å²) in [6.45, 7) is 2.39. The highest BCUT2D eigenvalue weighted by Crippen LogP contribution is 2.44. The van der Waals surface area contributed by atoms with E-state index >= 15 is 0 Å². The third kappa shape index (κ3) is 1.67. The second kappa shape index (κ2) is 4.58. The average Bonchev–Trinajstić information content (AvgIpc) is 2.72. The molecule has 92 valence electrons. The van der Waals surface area contributed by atoms with Crippen LogP contribution in [0.1, 0.15) is 36.0 Å². The molecule has 0 spiro atoms. The molecular formula is C17H18O. The Hall–Kier alpha value is -1.60. The van der Waals surface area contributed by atoms with E-state index in [0.29, 0.717) is 0 Å². The van der Waals surface area contributed by atoms with E-state index in [2.05, 4.69) is 49.4 Å². The van der Waals surface area contributed by atoms with Gasteiger partial charge in [-0.25, -0.2) is 0 Å². The van der Waals surface area contributed by atoms with Crippen LogP contribution in [-0.2, 0) is 6.42 Å². The second-order valence-electron chi connectivity index (χ2n) is 4.99. The Bertz CT molecular complexity index is 572. The molecule has 1 atom stereocenters. The molecule has 0 bridgehead atoms. The van der Waals surface area contributed by atoms with Gasteiger partial charge in [-0.3, -0.25) is 0 Å². The van der Waals surface area contributed by atoms with Gasteiger partial charge in [-0.1, -0.05) is 55.8 Å². The summed E-state index contributed by atoms with van der Waals surface area (Å²) in [6, 6.07) is 15.1. The lowest BCUT2D eigenvalue weighted by Gasteiger charge is -2.10. The van der Waals surface area contributed by atoms with Gasteiger partial charge in [0.25, 0.3) is 0 Å². The highest BCUT2D eigenvalue weighted by atomic mass is 16.3. The Kier molecular flexibility index (Phi) is 2.92. The summed E-state index contributed by atoms with van der Waals surface area (Å²) in [7, 11) is 0. The quantitative estimate of drug-likeness (QED) is 0.863. The van der Waals surface area contributed by atoms with Gasteiger partial charge in [0, 0.05) is 5.92 Å². The highest BCUT2D eigenvalue weighted by Gasteiger charge is 2.27. The van der Waals surface area contributed by atoms with Crippen molar-refractivity contribution in [2.45, 2.75) is 25.7 Å². The molecule has 1 unspecified atom stereocenters. The number of aliphatic hydroxyl groups excluding tert-OH is 1. The monoisotopic (exact) mass is 238 g/mol. The highest BCUT2D eigenvalue weighted by molar-refractivity contribution is 5.79. The number of hydrogen-bond acceptors (Lipinski definition) is 1. The summed E-state index contributed by atoms with van der Waals surface area (Å²) in [6.07, 6.45) is 2.28. The first kappa shape index (κ1) is 11.5. The largest absolute Gasteiger partial charge is 0.395 e. The first-order valence-corrected chi connectivity index (χ1v) is 6.68. The van der Waals surface area contributed by atoms with Crippen molar-refractivity contribution in [2.75, 3.05) is 6.61 Å². The van der Waals surface area contributed by atoms with E-state index in [1.54, 1.807) is 0 Å². The minimum atomic E-state index is 0.160. The Labute approximate surface area is 108 Å². The predicted octanol–water partition coefficient (Wildman–Crippen LogP) is 3.74. The van der Waals surface area contributed by atoms with Crippen molar-refractivity contribution in [1.82, 2.24) is 0 Å². The van der Waals surface area contributed by atoms with E-state index in [9.17, 15) is 5.11 Å². The summed E-state index contributed by atoms with van der Waals surface area (Å²) >= 11 is 0. The summed E-state index contributed by atoms with van der Waals surface area (Å²) < 4.78 is 0. The van der Waals surface area contributed by atoms with E-state index in [0.717, 1.165) is 12.8 Å². The van der Waals surface area contributed by atoms with Crippen molar-refractivity contribution in [3.63, 3.8) is 0 Å². The molecule has 1 nitrogen and oxygen atoms in total. The first-order chi connectivity index (χ1) is 8.85. The SMILES string of the molecule is CCCc1ccc2c(c1)C(CO)c1ccccc1-2. The molecule has 1 N–H and O–H groups in total. The van der Waals surface area contributed by atoms with Crippen molar-refractivity contribution in [1.29, 1.82) is 0 Å². The van der Waals surface area contributed by atoms with Crippen LogP contribution in [0.15, 0.2) is 42.5 Å². The van der Waals surface area contributed by atoms with Crippen LogP contribution in [0, 0.1) is 0 Å². The third-order valence-corrected chi connectivity index (χ3v) is 3.84. The Morgan fingerprint density at radius 1 is 1.00 bits per heavy atom. The lowest BCUT2D eigenvalue weighted by Crippen LogP contribution is -2.02. The van der Waals surface area contributed by atoms with Crippen molar-refractivity contribution >= 4 is 0 Å². The Morgan fingerprint density at radius 2 is 1.78 bits per heavy atom. The minimum Gasteiger partial charge on any atom is -0.395 e. The maximum absolute atomic E-state index is 9.68. The molecule has 0 aromatic heterocycles. The molecule has 0 saturated carbocycles.